The third kappa shape index (κ3) is 3.81. The summed E-state index contributed by atoms with van der Waals surface area (Å²) >= 11 is 1.59. The molecule has 0 saturated carbocycles. The highest BCUT2D eigenvalue weighted by Gasteiger charge is 2.25. The van der Waals surface area contributed by atoms with Crippen LogP contribution in [-0.2, 0) is 16.0 Å². The van der Waals surface area contributed by atoms with Gasteiger partial charge in [-0.05, 0) is 13.8 Å². The number of hydrogen-bond acceptors (Lipinski definition) is 4. The molecule has 5 nitrogen and oxygen atoms in total. The molecule has 2 heterocycles. The van der Waals surface area contributed by atoms with E-state index in [9.17, 15) is 9.59 Å². The maximum Gasteiger partial charge on any atom is 0.228 e. The summed E-state index contributed by atoms with van der Waals surface area (Å²) in [4.78, 5) is 33.4. The van der Waals surface area contributed by atoms with Crippen molar-refractivity contribution in [2.24, 2.45) is 5.92 Å². The van der Waals surface area contributed by atoms with Gasteiger partial charge in [0, 0.05) is 37.0 Å². The van der Waals surface area contributed by atoms with E-state index in [2.05, 4.69) is 4.98 Å². The molecule has 0 aromatic carbocycles. The predicted molar refractivity (Wildman–Crippen MR) is 83.3 cm³/mol. The van der Waals surface area contributed by atoms with Crippen molar-refractivity contribution in [2.75, 3.05) is 26.2 Å². The number of carbonyl (C=O) groups excluding carboxylic acids is 2. The average molecular weight is 309 g/mol. The second-order valence-electron chi connectivity index (χ2n) is 5.78. The molecule has 0 atom stereocenters. The molecule has 1 aromatic rings. The van der Waals surface area contributed by atoms with Gasteiger partial charge < -0.3 is 9.80 Å². The van der Waals surface area contributed by atoms with Crippen molar-refractivity contribution in [3.8, 4) is 0 Å². The normalized spacial score (nSPS) is 15.7. The number of rotatable bonds is 3. The molecule has 0 bridgehead atoms. The van der Waals surface area contributed by atoms with E-state index in [1.807, 2.05) is 37.5 Å². The largest absolute Gasteiger partial charge is 0.339 e. The van der Waals surface area contributed by atoms with Gasteiger partial charge in [-0.25, -0.2) is 4.98 Å². The van der Waals surface area contributed by atoms with Crippen molar-refractivity contribution in [3.63, 3.8) is 0 Å². The molecule has 116 valence electrons. The molecular formula is C15H23N3O2S. The van der Waals surface area contributed by atoms with Gasteiger partial charge in [0.1, 0.15) is 0 Å². The summed E-state index contributed by atoms with van der Waals surface area (Å²) in [5.41, 5.74) is 0.958. The van der Waals surface area contributed by atoms with E-state index in [0.29, 0.717) is 32.6 Å². The van der Waals surface area contributed by atoms with Gasteiger partial charge in [0.25, 0.3) is 0 Å². The Morgan fingerprint density at radius 3 is 2.19 bits per heavy atom. The summed E-state index contributed by atoms with van der Waals surface area (Å²) in [5, 5.41) is 1.00. The molecule has 2 amide bonds. The topological polar surface area (TPSA) is 53.5 Å². The fourth-order valence-electron chi connectivity index (χ4n) is 2.53. The number of amides is 2. The number of hydrogen-bond donors (Lipinski definition) is 0. The van der Waals surface area contributed by atoms with Crippen LogP contribution in [0, 0.1) is 19.8 Å². The van der Waals surface area contributed by atoms with E-state index in [1.54, 1.807) is 11.3 Å². The van der Waals surface area contributed by atoms with Gasteiger partial charge in [-0.3, -0.25) is 9.59 Å². The second kappa shape index (κ2) is 6.56. The number of aryl methyl sites for hydroxylation is 2. The minimum atomic E-state index is 0.0232. The standard InChI is InChI=1S/C15H23N3O2S/c1-10(2)15(20)18-7-5-17(6-8-18)14(19)9-13-11(3)16-12(4)21-13/h10H,5-9H2,1-4H3. The van der Waals surface area contributed by atoms with Gasteiger partial charge in [-0.15, -0.1) is 11.3 Å². The Balaban J connectivity index is 1.89. The molecule has 0 N–H and O–H groups in total. The second-order valence-corrected chi connectivity index (χ2v) is 7.07. The summed E-state index contributed by atoms with van der Waals surface area (Å²) in [6, 6.07) is 0. The summed E-state index contributed by atoms with van der Waals surface area (Å²) in [6.07, 6.45) is 0.426. The minimum Gasteiger partial charge on any atom is -0.339 e. The lowest BCUT2D eigenvalue weighted by Gasteiger charge is -2.35. The maximum absolute atomic E-state index is 12.3. The molecule has 1 saturated heterocycles. The third-order valence-electron chi connectivity index (χ3n) is 3.75. The monoisotopic (exact) mass is 309 g/mol. The van der Waals surface area contributed by atoms with Gasteiger partial charge in [-0.2, -0.15) is 0 Å². The number of nitrogens with zero attached hydrogens (tertiary/aromatic N) is 3. The zero-order valence-electron chi connectivity index (χ0n) is 13.2. The van der Waals surface area contributed by atoms with Crippen LogP contribution < -0.4 is 0 Å². The Morgan fingerprint density at radius 2 is 1.71 bits per heavy atom. The molecular weight excluding hydrogens is 286 g/mol. The first-order valence-corrected chi connectivity index (χ1v) is 8.19. The highest BCUT2D eigenvalue weighted by molar-refractivity contribution is 7.11. The molecule has 0 aliphatic carbocycles. The van der Waals surface area contributed by atoms with E-state index >= 15 is 0 Å². The van der Waals surface area contributed by atoms with Crippen LogP contribution in [0.5, 0.6) is 0 Å². The van der Waals surface area contributed by atoms with Gasteiger partial charge in [0.2, 0.25) is 11.8 Å². The molecule has 1 aliphatic rings. The lowest BCUT2D eigenvalue weighted by atomic mass is 10.1. The average Bonchev–Trinajstić information content (AvgIpc) is 2.76. The van der Waals surface area contributed by atoms with Crippen LogP contribution in [0.1, 0.15) is 29.4 Å². The van der Waals surface area contributed by atoms with Crippen molar-refractivity contribution >= 4 is 23.2 Å². The number of piperazine rings is 1. The lowest BCUT2D eigenvalue weighted by molar-refractivity contribution is -0.141. The van der Waals surface area contributed by atoms with Crippen molar-refractivity contribution in [1.29, 1.82) is 0 Å². The Hall–Kier alpha value is -1.43. The SMILES string of the molecule is Cc1nc(C)c(CC(=O)N2CCN(C(=O)C(C)C)CC2)s1. The molecule has 21 heavy (non-hydrogen) atoms. The van der Waals surface area contributed by atoms with Crippen LogP contribution in [0.3, 0.4) is 0 Å². The van der Waals surface area contributed by atoms with E-state index in [-0.39, 0.29) is 17.7 Å². The number of thiazole rings is 1. The summed E-state index contributed by atoms with van der Waals surface area (Å²) in [6.45, 7) is 10.3. The van der Waals surface area contributed by atoms with Crippen LogP contribution in [0.25, 0.3) is 0 Å². The smallest absolute Gasteiger partial charge is 0.228 e. The number of carbonyl (C=O) groups is 2. The van der Waals surface area contributed by atoms with E-state index in [1.165, 1.54) is 0 Å². The quantitative estimate of drug-likeness (QED) is 0.853. The summed E-state index contributed by atoms with van der Waals surface area (Å²) < 4.78 is 0. The molecule has 2 rings (SSSR count). The Morgan fingerprint density at radius 1 is 1.14 bits per heavy atom. The van der Waals surface area contributed by atoms with Crippen LogP contribution in [0.15, 0.2) is 0 Å². The maximum atomic E-state index is 12.3. The first-order valence-electron chi connectivity index (χ1n) is 7.38. The Bertz CT molecular complexity index is 531. The van der Waals surface area contributed by atoms with E-state index in [0.717, 1.165) is 15.6 Å². The highest BCUT2D eigenvalue weighted by Crippen LogP contribution is 2.19. The summed E-state index contributed by atoms with van der Waals surface area (Å²) in [5.74, 6) is 0.337. The molecule has 1 aliphatic heterocycles. The summed E-state index contributed by atoms with van der Waals surface area (Å²) in [7, 11) is 0. The van der Waals surface area contributed by atoms with Gasteiger partial charge in [0.15, 0.2) is 0 Å². The fraction of sp³-hybridized carbons (Fsp3) is 0.667. The van der Waals surface area contributed by atoms with Crippen molar-refractivity contribution in [3.05, 3.63) is 15.6 Å². The number of aromatic nitrogens is 1. The molecule has 6 heteroatoms. The van der Waals surface area contributed by atoms with E-state index < -0.39 is 0 Å². The molecule has 0 radical (unpaired) electrons. The van der Waals surface area contributed by atoms with Crippen LogP contribution >= 0.6 is 11.3 Å². The Kier molecular flexibility index (Phi) is 4.98. The fourth-order valence-corrected chi connectivity index (χ4v) is 3.46. The van der Waals surface area contributed by atoms with E-state index in [4.69, 9.17) is 0 Å². The van der Waals surface area contributed by atoms with Crippen LogP contribution in [0.2, 0.25) is 0 Å². The van der Waals surface area contributed by atoms with Gasteiger partial charge >= 0.3 is 0 Å². The lowest BCUT2D eigenvalue weighted by Crippen LogP contribution is -2.51. The molecule has 0 spiro atoms. The molecule has 1 fully saturated rings. The Labute approximate surface area is 130 Å². The van der Waals surface area contributed by atoms with Crippen molar-refractivity contribution in [2.45, 2.75) is 34.1 Å². The first kappa shape index (κ1) is 15.9. The van der Waals surface area contributed by atoms with Crippen molar-refractivity contribution in [1.82, 2.24) is 14.8 Å². The highest BCUT2D eigenvalue weighted by atomic mass is 32.1. The van der Waals surface area contributed by atoms with Crippen LogP contribution in [0.4, 0.5) is 0 Å². The molecule has 1 aromatic heterocycles. The predicted octanol–water partition coefficient (Wildman–Crippen LogP) is 1.63. The molecule has 0 unspecified atom stereocenters. The van der Waals surface area contributed by atoms with Crippen molar-refractivity contribution < 1.29 is 9.59 Å². The van der Waals surface area contributed by atoms with Gasteiger partial charge in [-0.1, -0.05) is 13.8 Å². The zero-order valence-corrected chi connectivity index (χ0v) is 14.0. The zero-order chi connectivity index (χ0) is 15.6. The third-order valence-corrected chi connectivity index (χ3v) is 4.82. The van der Waals surface area contributed by atoms with Crippen LogP contribution in [-0.4, -0.2) is 52.8 Å². The van der Waals surface area contributed by atoms with Gasteiger partial charge in [0.05, 0.1) is 17.1 Å². The minimum absolute atomic E-state index is 0.0232. The first-order chi connectivity index (χ1) is 9.88.